The number of aromatic nitrogens is 1. The molecule has 2 bridgehead atoms. The molecule has 2 N–H and O–H groups in total. The van der Waals surface area contributed by atoms with E-state index < -0.39 is 5.97 Å². The summed E-state index contributed by atoms with van der Waals surface area (Å²) in [6.45, 7) is 10.3. The molecule has 2 atom stereocenters. The van der Waals surface area contributed by atoms with Gasteiger partial charge in [-0.15, -0.1) is 0 Å². The zero-order valence-electron chi connectivity index (χ0n) is 18.0. The topological polar surface area (TPSA) is 74.4 Å². The molecule has 1 aliphatic carbocycles. The normalized spacial score (nSPS) is 25.9. The van der Waals surface area contributed by atoms with E-state index >= 15 is 0 Å². The van der Waals surface area contributed by atoms with Crippen molar-refractivity contribution >= 4 is 28.5 Å². The summed E-state index contributed by atoms with van der Waals surface area (Å²) in [5.41, 5.74) is 3.21. The second-order valence-electron chi connectivity index (χ2n) is 10.0. The van der Waals surface area contributed by atoms with Crippen LogP contribution in [0.3, 0.4) is 0 Å². The number of nitrogens with one attached hydrogen (secondary N) is 2. The maximum atomic E-state index is 13.0. The summed E-state index contributed by atoms with van der Waals surface area (Å²) in [6.07, 6.45) is 3.47. The van der Waals surface area contributed by atoms with E-state index in [4.69, 9.17) is 4.74 Å². The van der Waals surface area contributed by atoms with Crippen LogP contribution < -0.4 is 5.32 Å². The Balaban J connectivity index is 1.58. The van der Waals surface area contributed by atoms with E-state index in [1.165, 1.54) is 13.5 Å². The minimum atomic E-state index is -0.484. The first kappa shape index (κ1) is 20.0. The van der Waals surface area contributed by atoms with Crippen LogP contribution in [0.15, 0.2) is 18.2 Å². The Hall–Kier alpha value is -2.34. The molecule has 1 aliphatic heterocycles. The Kier molecular flexibility index (Phi) is 4.73. The number of methoxy groups -OCH3 is 1. The molecule has 6 heteroatoms. The van der Waals surface area contributed by atoms with Crippen molar-refractivity contribution in [3.8, 4) is 0 Å². The number of aromatic amines is 1. The molecular formula is C23H31N3O3. The average Bonchev–Trinajstić information content (AvgIpc) is 3.09. The van der Waals surface area contributed by atoms with Crippen molar-refractivity contribution in [2.24, 2.45) is 10.8 Å². The first-order valence-corrected chi connectivity index (χ1v) is 10.3. The van der Waals surface area contributed by atoms with Gasteiger partial charge in [-0.1, -0.05) is 32.9 Å². The molecule has 0 radical (unpaired) electrons. The molecule has 2 fully saturated rings. The Morgan fingerprint density at radius 2 is 2.03 bits per heavy atom. The third-order valence-electron chi connectivity index (χ3n) is 6.56. The van der Waals surface area contributed by atoms with E-state index in [-0.39, 0.29) is 11.3 Å². The number of esters is 1. The number of benzene rings is 1. The Labute approximate surface area is 172 Å². The SMILES string of the molecule is COC(=O)c1[nH]c2cccc(C)c2c1NC(=O)CN1CC2(C)CC1CC(C)(C)C2. The van der Waals surface area contributed by atoms with Gasteiger partial charge in [-0.3, -0.25) is 9.69 Å². The average molecular weight is 398 g/mol. The van der Waals surface area contributed by atoms with Gasteiger partial charge >= 0.3 is 5.97 Å². The number of anilines is 1. The maximum Gasteiger partial charge on any atom is 0.356 e. The molecular weight excluding hydrogens is 366 g/mol. The van der Waals surface area contributed by atoms with E-state index in [1.54, 1.807) is 0 Å². The molecule has 2 aliphatic rings. The largest absolute Gasteiger partial charge is 0.464 e. The Morgan fingerprint density at radius 3 is 2.76 bits per heavy atom. The van der Waals surface area contributed by atoms with Crippen molar-refractivity contribution in [2.75, 3.05) is 25.5 Å². The lowest BCUT2D eigenvalue weighted by Gasteiger charge is -2.39. The molecule has 1 aromatic heterocycles. The molecule has 1 aromatic carbocycles. The lowest BCUT2D eigenvalue weighted by Crippen LogP contribution is -2.38. The fourth-order valence-electron chi connectivity index (χ4n) is 5.93. The number of aryl methyl sites for hydroxylation is 1. The quantitative estimate of drug-likeness (QED) is 0.762. The van der Waals surface area contributed by atoms with Crippen LogP contribution in [0.25, 0.3) is 10.9 Å². The molecule has 2 aromatic rings. The molecule has 2 heterocycles. The van der Waals surface area contributed by atoms with Gasteiger partial charge in [0.1, 0.15) is 5.69 Å². The van der Waals surface area contributed by atoms with Crippen molar-refractivity contribution in [3.63, 3.8) is 0 Å². The van der Waals surface area contributed by atoms with Gasteiger partial charge in [-0.05, 0) is 48.6 Å². The fourth-order valence-corrected chi connectivity index (χ4v) is 5.93. The van der Waals surface area contributed by atoms with Crippen LogP contribution in [0.1, 0.15) is 56.1 Å². The Morgan fingerprint density at radius 1 is 1.28 bits per heavy atom. The van der Waals surface area contributed by atoms with Gasteiger partial charge in [0.25, 0.3) is 0 Å². The fraction of sp³-hybridized carbons (Fsp3) is 0.565. The summed E-state index contributed by atoms with van der Waals surface area (Å²) in [7, 11) is 1.35. The highest BCUT2D eigenvalue weighted by Crippen LogP contribution is 2.52. The van der Waals surface area contributed by atoms with E-state index in [9.17, 15) is 9.59 Å². The zero-order valence-corrected chi connectivity index (χ0v) is 18.0. The van der Waals surface area contributed by atoms with Crippen molar-refractivity contribution < 1.29 is 14.3 Å². The van der Waals surface area contributed by atoms with Gasteiger partial charge in [0.2, 0.25) is 5.91 Å². The van der Waals surface area contributed by atoms with Crippen LogP contribution in [-0.2, 0) is 9.53 Å². The third-order valence-corrected chi connectivity index (χ3v) is 6.56. The first-order chi connectivity index (χ1) is 13.6. The summed E-state index contributed by atoms with van der Waals surface area (Å²) in [5.74, 6) is -0.574. The number of nitrogens with zero attached hydrogens (tertiary/aromatic N) is 1. The van der Waals surface area contributed by atoms with Crippen LogP contribution in [0.2, 0.25) is 0 Å². The number of hydrogen-bond acceptors (Lipinski definition) is 4. The lowest BCUT2D eigenvalue weighted by molar-refractivity contribution is -0.117. The van der Waals surface area contributed by atoms with E-state index in [0.717, 1.165) is 35.9 Å². The van der Waals surface area contributed by atoms with E-state index in [1.807, 2.05) is 25.1 Å². The first-order valence-electron chi connectivity index (χ1n) is 10.3. The van der Waals surface area contributed by atoms with Gasteiger partial charge in [-0.2, -0.15) is 0 Å². The van der Waals surface area contributed by atoms with Crippen molar-refractivity contribution in [1.82, 2.24) is 9.88 Å². The minimum Gasteiger partial charge on any atom is -0.464 e. The highest BCUT2D eigenvalue weighted by atomic mass is 16.5. The number of carbonyl (C=O) groups is 2. The number of hydrogen-bond donors (Lipinski definition) is 2. The van der Waals surface area contributed by atoms with Gasteiger partial charge in [0.15, 0.2) is 0 Å². The van der Waals surface area contributed by atoms with Gasteiger partial charge in [0.05, 0.1) is 19.3 Å². The smallest absolute Gasteiger partial charge is 0.356 e. The predicted molar refractivity (Wildman–Crippen MR) is 114 cm³/mol. The van der Waals surface area contributed by atoms with Gasteiger partial charge in [0, 0.05) is 23.5 Å². The number of fused-ring (bicyclic) bond motifs is 3. The standard InChI is InChI=1S/C23H31N3O3/c1-14-7-6-8-16-18(14)19(20(24-16)21(28)29-5)25-17(27)11-26-13-23(4)10-15(26)9-22(2,3)12-23/h6-8,15,24H,9-13H2,1-5H3,(H,25,27). The molecule has 4 rings (SSSR count). The third kappa shape index (κ3) is 3.66. The van der Waals surface area contributed by atoms with Crippen LogP contribution in [0.4, 0.5) is 5.69 Å². The number of rotatable bonds is 4. The molecule has 29 heavy (non-hydrogen) atoms. The molecule has 6 nitrogen and oxygen atoms in total. The maximum absolute atomic E-state index is 13.0. The summed E-state index contributed by atoms with van der Waals surface area (Å²) < 4.78 is 4.92. The summed E-state index contributed by atoms with van der Waals surface area (Å²) >= 11 is 0. The van der Waals surface area contributed by atoms with E-state index in [0.29, 0.717) is 29.4 Å². The lowest BCUT2D eigenvalue weighted by atomic mass is 9.65. The van der Waals surface area contributed by atoms with Gasteiger partial charge < -0.3 is 15.0 Å². The molecule has 1 amide bonds. The second-order valence-corrected chi connectivity index (χ2v) is 10.0. The molecule has 2 unspecified atom stereocenters. The van der Waals surface area contributed by atoms with Crippen molar-refractivity contribution in [3.05, 3.63) is 29.5 Å². The Bertz CT molecular complexity index is 977. The zero-order chi connectivity index (χ0) is 21.0. The molecule has 1 saturated heterocycles. The highest BCUT2D eigenvalue weighted by Gasteiger charge is 2.49. The van der Waals surface area contributed by atoms with Crippen LogP contribution in [0, 0.1) is 17.8 Å². The monoisotopic (exact) mass is 397 g/mol. The number of ether oxygens (including phenoxy) is 1. The van der Waals surface area contributed by atoms with Gasteiger partial charge in [-0.25, -0.2) is 4.79 Å². The minimum absolute atomic E-state index is 0.0896. The number of H-pyrrole nitrogens is 1. The predicted octanol–water partition coefficient (Wildman–Crippen LogP) is 4.10. The molecule has 1 saturated carbocycles. The van der Waals surface area contributed by atoms with Crippen LogP contribution >= 0.6 is 0 Å². The van der Waals surface area contributed by atoms with Crippen molar-refractivity contribution in [1.29, 1.82) is 0 Å². The number of likely N-dealkylation sites (tertiary alicyclic amines) is 1. The van der Waals surface area contributed by atoms with Crippen molar-refractivity contribution in [2.45, 2.75) is 53.0 Å². The number of amides is 1. The molecule has 0 spiro atoms. The van der Waals surface area contributed by atoms with E-state index in [2.05, 4.69) is 36.0 Å². The summed E-state index contributed by atoms with van der Waals surface area (Å²) in [4.78, 5) is 30.7. The summed E-state index contributed by atoms with van der Waals surface area (Å²) in [6, 6.07) is 6.24. The highest BCUT2D eigenvalue weighted by molar-refractivity contribution is 6.12. The molecule has 156 valence electrons. The van der Waals surface area contributed by atoms with Crippen LogP contribution in [-0.4, -0.2) is 48.0 Å². The second kappa shape index (κ2) is 6.87. The summed E-state index contributed by atoms with van der Waals surface area (Å²) in [5, 5.41) is 3.87. The number of carbonyl (C=O) groups excluding carboxylic acids is 2. The van der Waals surface area contributed by atoms with Crippen LogP contribution in [0.5, 0.6) is 0 Å².